The van der Waals surface area contributed by atoms with Crippen LogP contribution in [0.15, 0.2) is 29.2 Å². The molecule has 0 unspecified atom stereocenters. The highest BCUT2D eigenvalue weighted by Crippen LogP contribution is 2.37. The molecule has 3 aliphatic rings. The molecule has 10 heteroatoms. The Labute approximate surface area is 195 Å². The number of nitrogens with zero attached hydrogens (tertiary/aromatic N) is 3. The van der Waals surface area contributed by atoms with Gasteiger partial charge in [-0.3, -0.25) is 14.5 Å². The molecule has 180 valence electrons. The number of amides is 4. The zero-order chi connectivity index (χ0) is 23.8. The molecule has 1 N–H and O–H groups in total. The number of nitrogens with one attached hydrogen (secondary N) is 1. The van der Waals surface area contributed by atoms with Gasteiger partial charge in [0.25, 0.3) is 5.91 Å². The van der Waals surface area contributed by atoms with E-state index >= 15 is 0 Å². The lowest BCUT2D eigenvalue weighted by Crippen LogP contribution is -2.53. The third kappa shape index (κ3) is 4.50. The van der Waals surface area contributed by atoms with Crippen LogP contribution >= 0.6 is 0 Å². The van der Waals surface area contributed by atoms with Crippen molar-refractivity contribution in [1.82, 2.24) is 19.4 Å². The van der Waals surface area contributed by atoms with E-state index in [1.807, 2.05) is 6.92 Å². The number of benzene rings is 1. The molecule has 9 nitrogen and oxygen atoms in total. The number of carbonyl (C=O) groups is 3. The summed E-state index contributed by atoms with van der Waals surface area (Å²) in [4.78, 5) is 41.2. The summed E-state index contributed by atoms with van der Waals surface area (Å²) in [5, 5.41) is 2.85. The molecule has 3 fully saturated rings. The minimum atomic E-state index is -3.63. The zero-order valence-electron chi connectivity index (χ0n) is 19.2. The van der Waals surface area contributed by atoms with Crippen molar-refractivity contribution < 1.29 is 22.8 Å². The first-order chi connectivity index (χ1) is 15.7. The molecule has 1 aromatic carbocycles. The molecule has 1 aromatic rings. The SMILES string of the molecule is CCC1CCC2(CC1)NC(=O)N(CC(=O)N1CCN(S(=O)(=O)c3ccc(C)cc3)CC1)C2=O. The highest BCUT2D eigenvalue weighted by atomic mass is 32.2. The van der Waals surface area contributed by atoms with Gasteiger partial charge in [0.2, 0.25) is 15.9 Å². The molecular weight excluding hydrogens is 444 g/mol. The number of hydrogen-bond donors (Lipinski definition) is 1. The predicted molar refractivity (Wildman–Crippen MR) is 122 cm³/mol. The Morgan fingerprint density at radius 1 is 1.06 bits per heavy atom. The highest BCUT2D eigenvalue weighted by molar-refractivity contribution is 7.89. The molecule has 1 saturated carbocycles. The van der Waals surface area contributed by atoms with Crippen molar-refractivity contribution in [2.24, 2.45) is 5.92 Å². The molecule has 4 rings (SSSR count). The molecule has 0 aromatic heterocycles. The number of rotatable bonds is 5. The van der Waals surface area contributed by atoms with Gasteiger partial charge in [0.05, 0.1) is 4.90 Å². The Morgan fingerprint density at radius 3 is 2.24 bits per heavy atom. The average molecular weight is 477 g/mol. The van der Waals surface area contributed by atoms with Gasteiger partial charge in [-0.1, -0.05) is 31.0 Å². The van der Waals surface area contributed by atoms with Crippen LogP contribution in [0, 0.1) is 12.8 Å². The van der Waals surface area contributed by atoms with Crippen molar-refractivity contribution in [1.29, 1.82) is 0 Å². The molecule has 2 heterocycles. The minimum absolute atomic E-state index is 0.171. The summed E-state index contributed by atoms with van der Waals surface area (Å²) < 4.78 is 27.1. The number of imide groups is 1. The molecule has 33 heavy (non-hydrogen) atoms. The van der Waals surface area contributed by atoms with Crippen LogP contribution in [0.2, 0.25) is 0 Å². The van der Waals surface area contributed by atoms with Gasteiger partial charge in [-0.15, -0.1) is 0 Å². The van der Waals surface area contributed by atoms with Crippen molar-refractivity contribution in [2.45, 2.75) is 56.4 Å². The number of piperazine rings is 1. The molecule has 0 radical (unpaired) electrons. The van der Waals surface area contributed by atoms with Gasteiger partial charge in [0, 0.05) is 26.2 Å². The molecule has 0 atom stereocenters. The van der Waals surface area contributed by atoms with Crippen molar-refractivity contribution >= 4 is 27.9 Å². The molecule has 2 aliphatic heterocycles. The van der Waals surface area contributed by atoms with E-state index in [1.165, 1.54) is 9.21 Å². The number of urea groups is 1. The molecule has 1 spiro atoms. The zero-order valence-corrected chi connectivity index (χ0v) is 20.1. The van der Waals surface area contributed by atoms with Crippen LogP contribution in [0.4, 0.5) is 4.79 Å². The van der Waals surface area contributed by atoms with Gasteiger partial charge < -0.3 is 10.2 Å². The first-order valence-corrected chi connectivity index (χ1v) is 13.1. The van der Waals surface area contributed by atoms with Gasteiger partial charge in [-0.05, 0) is 50.7 Å². The normalized spacial score (nSPS) is 26.7. The summed E-state index contributed by atoms with van der Waals surface area (Å²) in [5.41, 5.74) is 0.106. The van der Waals surface area contributed by atoms with Crippen LogP contribution in [-0.4, -0.2) is 78.6 Å². The lowest BCUT2D eigenvalue weighted by molar-refractivity contribution is -0.140. The standard InChI is InChI=1S/C23H32N4O5S/c1-3-18-8-10-23(11-9-18)21(29)27(22(30)24-23)16-20(28)25-12-14-26(15-13-25)33(31,32)19-6-4-17(2)5-7-19/h4-7,18H,3,8-16H2,1-2H3,(H,24,30). The van der Waals surface area contributed by atoms with Gasteiger partial charge in [-0.2, -0.15) is 4.31 Å². The van der Waals surface area contributed by atoms with Gasteiger partial charge >= 0.3 is 6.03 Å². The van der Waals surface area contributed by atoms with E-state index < -0.39 is 21.6 Å². The van der Waals surface area contributed by atoms with E-state index in [9.17, 15) is 22.8 Å². The second-order valence-corrected chi connectivity index (χ2v) is 11.3. The van der Waals surface area contributed by atoms with Crippen LogP contribution in [0.3, 0.4) is 0 Å². The lowest BCUT2D eigenvalue weighted by atomic mass is 9.75. The van der Waals surface area contributed by atoms with E-state index in [-0.39, 0.29) is 49.4 Å². The summed E-state index contributed by atoms with van der Waals surface area (Å²) in [6, 6.07) is 6.18. The van der Waals surface area contributed by atoms with E-state index in [0.717, 1.165) is 29.7 Å². The average Bonchev–Trinajstić information content (AvgIpc) is 3.04. The minimum Gasteiger partial charge on any atom is -0.338 e. The van der Waals surface area contributed by atoms with E-state index in [1.54, 1.807) is 24.3 Å². The van der Waals surface area contributed by atoms with Crippen LogP contribution in [0.1, 0.15) is 44.6 Å². The van der Waals surface area contributed by atoms with Crippen LogP contribution in [0.5, 0.6) is 0 Å². The monoisotopic (exact) mass is 476 g/mol. The number of sulfonamides is 1. The van der Waals surface area contributed by atoms with Crippen LogP contribution < -0.4 is 5.32 Å². The molecule has 0 bridgehead atoms. The van der Waals surface area contributed by atoms with Crippen molar-refractivity contribution in [2.75, 3.05) is 32.7 Å². The van der Waals surface area contributed by atoms with Crippen molar-refractivity contribution in [3.8, 4) is 0 Å². The Balaban J connectivity index is 1.34. The Morgan fingerprint density at radius 2 is 1.67 bits per heavy atom. The maximum absolute atomic E-state index is 13.1. The fourth-order valence-corrected chi connectivity index (χ4v) is 6.43. The Hall–Kier alpha value is -2.46. The van der Waals surface area contributed by atoms with E-state index in [2.05, 4.69) is 12.2 Å². The van der Waals surface area contributed by atoms with Crippen molar-refractivity contribution in [3.63, 3.8) is 0 Å². The smallest absolute Gasteiger partial charge is 0.325 e. The largest absolute Gasteiger partial charge is 0.338 e. The topological polar surface area (TPSA) is 107 Å². The number of aryl methyl sites for hydroxylation is 1. The third-order valence-electron chi connectivity index (χ3n) is 7.33. The maximum atomic E-state index is 13.1. The predicted octanol–water partition coefficient (Wildman–Crippen LogP) is 1.72. The maximum Gasteiger partial charge on any atom is 0.325 e. The Bertz CT molecular complexity index is 1020. The van der Waals surface area contributed by atoms with Gasteiger partial charge in [-0.25, -0.2) is 13.2 Å². The quantitative estimate of drug-likeness (QED) is 0.651. The Kier molecular flexibility index (Phi) is 6.50. The summed E-state index contributed by atoms with van der Waals surface area (Å²) in [6.07, 6.45) is 4.06. The van der Waals surface area contributed by atoms with Gasteiger partial charge in [0.1, 0.15) is 12.1 Å². The summed E-state index contributed by atoms with van der Waals surface area (Å²) in [7, 11) is -3.63. The van der Waals surface area contributed by atoms with E-state index in [0.29, 0.717) is 18.8 Å². The van der Waals surface area contributed by atoms with Crippen LogP contribution in [-0.2, 0) is 19.6 Å². The molecule has 4 amide bonds. The number of hydrogen-bond acceptors (Lipinski definition) is 5. The second kappa shape index (κ2) is 9.06. The first kappa shape index (κ1) is 23.7. The lowest BCUT2D eigenvalue weighted by Gasteiger charge is -2.35. The molecular formula is C23H32N4O5S. The summed E-state index contributed by atoms with van der Waals surface area (Å²) >= 11 is 0. The van der Waals surface area contributed by atoms with Crippen LogP contribution in [0.25, 0.3) is 0 Å². The number of carbonyl (C=O) groups excluding carboxylic acids is 3. The van der Waals surface area contributed by atoms with E-state index in [4.69, 9.17) is 0 Å². The summed E-state index contributed by atoms with van der Waals surface area (Å²) in [6.45, 7) is 4.50. The third-order valence-corrected chi connectivity index (χ3v) is 9.24. The fourth-order valence-electron chi connectivity index (χ4n) is 5.01. The van der Waals surface area contributed by atoms with Crippen molar-refractivity contribution in [3.05, 3.63) is 29.8 Å². The molecule has 2 saturated heterocycles. The second-order valence-electron chi connectivity index (χ2n) is 9.35. The summed E-state index contributed by atoms with van der Waals surface area (Å²) in [5.74, 6) is -0.0790. The highest BCUT2D eigenvalue weighted by Gasteiger charge is 2.52. The first-order valence-electron chi connectivity index (χ1n) is 11.6. The molecule has 1 aliphatic carbocycles. The fraction of sp³-hybridized carbons (Fsp3) is 0.609. The van der Waals surface area contributed by atoms with Gasteiger partial charge in [0.15, 0.2) is 0 Å².